The lowest BCUT2D eigenvalue weighted by Crippen LogP contribution is -2.28. The number of halogens is 1. The molecule has 2 aromatic heterocycles. The number of nitrogens with zero attached hydrogens (tertiary/aromatic N) is 4. The molecule has 146 valence electrons. The van der Waals surface area contributed by atoms with Crippen molar-refractivity contribution in [3.05, 3.63) is 76.3 Å². The Kier molecular flexibility index (Phi) is 5.41. The number of thiazole rings is 1. The van der Waals surface area contributed by atoms with Crippen molar-refractivity contribution < 1.29 is 9.18 Å². The summed E-state index contributed by atoms with van der Waals surface area (Å²) in [6.45, 7) is 0. The molecule has 6 nitrogen and oxygen atoms in total. The highest BCUT2D eigenvalue weighted by molar-refractivity contribution is 7.99. The van der Waals surface area contributed by atoms with Crippen LogP contribution in [0.2, 0.25) is 0 Å². The van der Waals surface area contributed by atoms with Gasteiger partial charge in [0, 0.05) is 18.6 Å². The predicted molar refractivity (Wildman–Crippen MR) is 114 cm³/mol. The van der Waals surface area contributed by atoms with Crippen molar-refractivity contribution in [3.8, 4) is 5.69 Å². The zero-order chi connectivity index (χ0) is 20.4. The Hall–Kier alpha value is -3.04. The molecule has 0 atom stereocenters. The van der Waals surface area contributed by atoms with Gasteiger partial charge in [-0.2, -0.15) is 0 Å². The third kappa shape index (κ3) is 3.92. The second kappa shape index (κ2) is 8.14. The van der Waals surface area contributed by atoms with Gasteiger partial charge >= 0.3 is 0 Å². The number of para-hydroxylation sites is 1. The Morgan fingerprint density at radius 2 is 1.97 bits per heavy atom. The average Bonchev–Trinajstić information content (AvgIpc) is 3.27. The summed E-state index contributed by atoms with van der Waals surface area (Å²) in [6.07, 6.45) is 1.63. The van der Waals surface area contributed by atoms with E-state index in [1.54, 1.807) is 42.9 Å². The van der Waals surface area contributed by atoms with Crippen molar-refractivity contribution >= 4 is 45.0 Å². The van der Waals surface area contributed by atoms with Gasteiger partial charge in [-0.05, 0) is 36.4 Å². The Morgan fingerprint density at radius 1 is 1.21 bits per heavy atom. The third-order valence-electron chi connectivity index (χ3n) is 4.23. The van der Waals surface area contributed by atoms with E-state index < -0.39 is 5.82 Å². The van der Waals surface area contributed by atoms with Crippen molar-refractivity contribution in [2.45, 2.75) is 5.16 Å². The molecule has 1 amide bonds. The standard InChI is InChI=1S/C20H15FN4O2S2/c1-24(19-22-10-11-28-19)17(26)12-29-20-23-16-5-3-2-4-15(16)18(27)25(20)14-8-6-13(21)7-9-14/h2-11H,12H2,1H3. The van der Waals surface area contributed by atoms with Crippen LogP contribution in [0.15, 0.2) is 70.1 Å². The Balaban J connectivity index is 1.72. The second-order valence-electron chi connectivity index (χ2n) is 6.08. The van der Waals surface area contributed by atoms with Crippen molar-refractivity contribution in [1.29, 1.82) is 0 Å². The maximum atomic E-state index is 13.4. The molecular weight excluding hydrogens is 411 g/mol. The number of carbonyl (C=O) groups is 1. The maximum absolute atomic E-state index is 13.4. The topological polar surface area (TPSA) is 68.1 Å². The van der Waals surface area contributed by atoms with Crippen LogP contribution in [0.4, 0.5) is 9.52 Å². The van der Waals surface area contributed by atoms with E-state index in [9.17, 15) is 14.0 Å². The number of benzene rings is 2. The Bertz CT molecular complexity index is 1220. The van der Waals surface area contributed by atoms with E-state index in [0.29, 0.717) is 26.9 Å². The first-order valence-corrected chi connectivity index (χ1v) is 10.5. The van der Waals surface area contributed by atoms with Gasteiger partial charge in [-0.15, -0.1) is 11.3 Å². The SMILES string of the molecule is CN(C(=O)CSc1nc2ccccc2c(=O)n1-c1ccc(F)cc1)c1nccs1. The van der Waals surface area contributed by atoms with E-state index >= 15 is 0 Å². The predicted octanol–water partition coefficient (Wildman–Crippen LogP) is 3.74. The summed E-state index contributed by atoms with van der Waals surface area (Å²) in [7, 11) is 1.66. The number of anilines is 1. The highest BCUT2D eigenvalue weighted by Crippen LogP contribution is 2.23. The van der Waals surface area contributed by atoms with Crippen LogP contribution in [0.1, 0.15) is 0 Å². The lowest BCUT2D eigenvalue weighted by atomic mass is 10.2. The summed E-state index contributed by atoms with van der Waals surface area (Å²) < 4.78 is 14.8. The highest BCUT2D eigenvalue weighted by atomic mass is 32.2. The van der Waals surface area contributed by atoms with Gasteiger partial charge in [0.1, 0.15) is 5.82 Å². The molecule has 0 aliphatic heterocycles. The van der Waals surface area contributed by atoms with Crippen molar-refractivity contribution in [1.82, 2.24) is 14.5 Å². The first-order valence-electron chi connectivity index (χ1n) is 8.61. The van der Waals surface area contributed by atoms with E-state index in [2.05, 4.69) is 9.97 Å². The lowest BCUT2D eigenvalue weighted by molar-refractivity contribution is -0.115. The van der Waals surface area contributed by atoms with Crippen LogP contribution in [0.3, 0.4) is 0 Å². The van der Waals surface area contributed by atoms with Gasteiger partial charge in [-0.25, -0.2) is 14.4 Å². The quantitative estimate of drug-likeness (QED) is 0.359. The smallest absolute Gasteiger partial charge is 0.266 e. The number of carbonyl (C=O) groups excluding carboxylic acids is 1. The van der Waals surface area contributed by atoms with Crippen molar-refractivity contribution in [3.63, 3.8) is 0 Å². The minimum Gasteiger partial charge on any atom is -0.291 e. The number of rotatable bonds is 5. The number of aromatic nitrogens is 3. The van der Waals surface area contributed by atoms with E-state index in [-0.39, 0.29) is 17.2 Å². The number of fused-ring (bicyclic) bond motifs is 1. The lowest BCUT2D eigenvalue weighted by Gasteiger charge is -2.15. The summed E-state index contributed by atoms with van der Waals surface area (Å²) in [4.78, 5) is 35.9. The molecule has 0 radical (unpaired) electrons. The van der Waals surface area contributed by atoms with Crippen LogP contribution in [-0.2, 0) is 4.79 Å². The van der Waals surface area contributed by atoms with Crippen LogP contribution in [0.25, 0.3) is 16.6 Å². The molecule has 0 N–H and O–H groups in total. The number of amides is 1. The minimum atomic E-state index is -0.398. The van der Waals surface area contributed by atoms with Crippen LogP contribution in [0.5, 0.6) is 0 Å². The fourth-order valence-electron chi connectivity index (χ4n) is 2.74. The molecule has 4 rings (SSSR count). The third-order valence-corrected chi connectivity index (χ3v) is 6.01. The zero-order valence-corrected chi connectivity index (χ0v) is 16.9. The number of hydrogen-bond acceptors (Lipinski definition) is 6. The van der Waals surface area contributed by atoms with Gasteiger partial charge in [0.15, 0.2) is 10.3 Å². The van der Waals surface area contributed by atoms with Gasteiger partial charge in [-0.1, -0.05) is 23.9 Å². The second-order valence-corrected chi connectivity index (χ2v) is 7.90. The summed E-state index contributed by atoms with van der Waals surface area (Å²) in [5, 5.41) is 3.20. The molecule has 0 aliphatic carbocycles. The van der Waals surface area contributed by atoms with Crippen LogP contribution >= 0.6 is 23.1 Å². The largest absolute Gasteiger partial charge is 0.291 e. The summed E-state index contributed by atoms with van der Waals surface area (Å²) in [5.74, 6) is -0.495. The Morgan fingerprint density at radius 3 is 2.69 bits per heavy atom. The van der Waals surface area contributed by atoms with Crippen LogP contribution < -0.4 is 10.5 Å². The van der Waals surface area contributed by atoms with Crippen LogP contribution in [0, 0.1) is 5.82 Å². The molecule has 0 saturated carbocycles. The van der Waals surface area contributed by atoms with Gasteiger partial charge in [0.25, 0.3) is 5.56 Å². The van der Waals surface area contributed by atoms with E-state index in [1.807, 2.05) is 0 Å². The average molecular weight is 426 g/mol. The molecule has 4 aromatic rings. The van der Waals surface area contributed by atoms with Crippen LogP contribution in [-0.4, -0.2) is 33.2 Å². The molecule has 9 heteroatoms. The zero-order valence-electron chi connectivity index (χ0n) is 15.3. The fourth-order valence-corrected chi connectivity index (χ4v) is 4.29. The van der Waals surface area contributed by atoms with Gasteiger partial charge < -0.3 is 0 Å². The maximum Gasteiger partial charge on any atom is 0.266 e. The van der Waals surface area contributed by atoms with Crippen molar-refractivity contribution in [2.24, 2.45) is 0 Å². The summed E-state index contributed by atoms with van der Waals surface area (Å²) in [5.41, 5.74) is 0.752. The van der Waals surface area contributed by atoms with E-state index in [0.717, 1.165) is 11.8 Å². The molecule has 0 bridgehead atoms. The number of hydrogen-bond donors (Lipinski definition) is 0. The molecule has 0 fully saturated rings. The Labute approximate surface area is 173 Å². The van der Waals surface area contributed by atoms with Gasteiger partial charge in [-0.3, -0.25) is 19.1 Å². The molecule has 2 heterocycles. The summed E-state index contributed by atoms with van der Waals surface area (Å²) >= 11 is 2.52. The fraction of sp³-hybridized carbons (Fsp3) is 0.100. The normalized spacial score (nSPS) is 11.0. The molecular formula is C20H15FN4O2S2. The molecule has 2 aromatic carbocycles. The highest BCUT2D eigenvalue weighted by Gasteiger charge is 2.18. The molecule has 0 saturated heterocycles. The number of thioether (sulfide) groups is 1. The molecule has 0 spiro atoms. The van der Waals surface area contributed by atoms with E-state index in [4.69, 9.17) is 0 Å². The monoisotopic (exact) mass is 426 g/mol. The van der Waals surface area contributed by atoms with Gasteiger partial charge in [0.2, 0.25) is 5.91 Å². The van der Waals surface area contributed by atoms with E-state index in [1.165, 1.54) is 45.1 Å². The van der Waals surface area contributed by atoms with Gasteiger partial charge in [0.05, 0.1) is 22.3 Å². The minimum absolute atomic E-state index is 0.0715. The first kappa shape index (κ1) is 19.3. The summed E-state index contributed by atoms with van der Waals surface area (Å²) in [6, 6.07) is 12.6. The molecule has 0 aliphatic rings. The molecule has 0 unspecified atom stereocenters. The molecule has 29 heavy (non-hydrogen) atoms. The van der Waals surface area contributed by atoms with Crippen molar-refractivity contribution in [2.75, 3.05) is 17.7 Å². The first-order chi connectivity index (χ1) is 14.0.